The number of aryl methyl sites for hydroxylation is 2. The maximum absolute atomic E-state index is 10.7. The molecule has 1 rings (SSSR count). The Labute approximate surface area is 95.2 Å². The number of carbonyl (C=O) groups excluding carboxylic acids is 1. The van der Waals surface area contributed by atoms with Crippen LogP contribution in [0.4, 0.5) is 0 Å². The second-order valence-corrected chi connectivity index (χ2v) is 3.63. The normalized spacial score (nSPS) is 9.94. The fraction of sp³-hybridized carbons (Fsp3) is 0.417. The molecule has 4 nitrogen and oxygen atoms in total. The number of carbonyl (C=O) groups is 1. The number of amides is 1. The number of nitrogens with one attached hydrogen (secondary N) is 1. The molecule has 1 amide bonds. The molecular weight excluding hydrogens is 206 g/mol. The van der Waals surface area contributed by atoms with E-state index in [1.54, 1.807) is 0 Å². The number of benzene rings is 1. The molecule has 0 aromatic heterocycles. The lowest BCUT2D eigenvalue weighted by Crippen LogP contribution is -2.30. The van der Waals surface area contributed by atoms with Crippen molar-refractivity contribution >= 4 is 5.91 Å². The van der Waals surface area contributed by atoms with Gasteiger partial charge in [-0.25, -0.2) is 0 Å². The van der Waals surface area contributed by atoms with E-state index in [1.165, 1.54) is 0 Å². The van der Waals surface area contributed by atoms with Gasteiger partial charge in [-0.15, -0.1) is 0 Å². The van der Waals surface area contributed by atoms with Crippen molar-refractivity contribution in [2.45, 2.75) is 13.8 Å². The van der Waals surface area contributed by atoms with Crippen LogP contribution in [0.1, 0.15) is 11.1 Å². The lowest BCUT2D eigenvalue weighted by molar-refractivity contribution is -0.123. The van der Waals surface area contributed by atoms with E-state index in [0.29, 0.717) is 13.2 Å². The largest absolute Gasteiger partial charge is 0.491 e. The van der Waals surface area contributed by atoms with Crippen molar-refractivity contribution in [3.05, 3.63) is 29.3 Å². The minimum absolute atomic E-state index is 0.385. The standard InChI is InChI=1S/C12H17NO3/c1-9-3-4-10(2)11(7-9)16-6-5-13-12(15)8-14/h3-4,7,14H,5-6,8H2,1-2H3,(H,13,15). The molecule has 0 fully saturated rings. The summed E-state index contributed by atoms with van der Waals surface area (Å²) in [6.07, 6.45) is 0. The molecule has 0 radical (unpaired) electrons. The van der Waals surface area contributed by atoms with Crippen LogP contribution in [0.3, 0.4) is 0 Å². The van der Waals surface area contributed by atoms with E-state index in [2.05, 4.69) is 5.32 Å². The Morgan fingerprint density at radius 1 is 1.44 bits per heavy atom. The van der Waals surface area contributed by atoms with E-state index >= 15 is 0 Å². The van der Waals surface area contributed by atoms with Crippen LogP contribution in [0.2, 0.25) is 0 Å². The van der Waals surface area contributed by atoms with Gasteiger partial charge in [0.05, 0.1) is 6.54 Å². The average molecular weight is 223 g/mol. The summed E-state index contributed by atoms with van der Waals surface area (Å²) in [4.78, 5) is 10.7. The summed E-state index contributed by atoms with van der Waals surface area (Å²) in [5.41, 5.74) is 2.21. The third-order valence-electron chi connectivity index (χ3n) is 2.17. The second-order valence-electron chi connectivity index (χ2n) is 3.63. The average Bonchev–Trinajstić information content (AvgIpc) is 2.28. The van der Waals surface area contributed by atoms with E-state index in [1.807, 2.05) is 32.0 Å². The van der Waals surface area contributed by atoms with Crippen molar-refractivity contribution in [2.75, 3.05) is 19.8 Å². The Hall–Kier alpha value is -1.55. The van der Waals surface area contributed by atoms with Gasteiger partial charge in [0.15, 0.2) is 0 Å². The van der Waals surface area contributed by atoms with Gasteiger partial charge in [0.2, 0.25) is 5.91 Å². The quantitative estimate of drug-likeness (QED) is 0.726. The fourth-order valence-corrected chi connectivity index (χ4v) is 1.27. The van der Waals surface area contributed by atoms with Crippen molar-refractivity contribution < 1.29 is 14.6 Å². The van der Waals surface area contributed by atoms with Gasteiger partial charge in [-0.1, -0.05) is 12.1 Å². The van der Waals surface area contributed by atoms with Gasteiger partial charge >= 0.3 is 0 Å². The number of ether oxygens (including phenoxy) is 1. The van der Waals surface area contributed by atoms with Crippen molar-refractivity contribution in [2.24, 2.45) is 0 Å². The van der Waals surface area contributed by atoms with E-state index in [9.17, 15) is 4.79 Å². The smallest absolute Gasteiger partial charge is 0.245 e. The number of hydrogen-bond acceptors (Lipinski definition) is 3. The highest BCUT2D eigenvalue weighted by atomic mass is 16.5. The summed E-state index contributed by atoms with van der Waals surface area (Å²) < 4.78 is 5.52. The molecule has 1 aromatic rings. The van der Waals surface area contributed by atoms with Crippen LogP contribution < -0.4 is 10.1 Å². The molecule has 16 heavy (non-hydrogen) atoms. The highest BCUT2D eigenvalue weighted by molar-refractivity contribution is 5.76. The van der Waals surface area contributed by atoms with Gasteiger partial charge < -0.3 is 15.2 Å². The molecule has 0 aliphatic carbocycles. The number of rotatable bonds is 5. The zero-order valence-electron chi connectivity index (χ0n) is 9.62. The van der Waals surface area contributed by atoms with Crippen molar-refractivity contribution in [1.29, 1.82) is 0 Å². The molecule has 0 bridgehead atoms. The maximum atomic E-state index is 10.7. The van der Waals surface area contributed by atoms with Crippen LogP contribution in [-0.2, 0) is 4.79 Å². The van der Waals surface area contributed by atoms with E-state index in [4.69, 9.17) is 9.84 Å². The van der Waals surface area contributed by atoms with Crippen LogP contribution in [0, 0.1) is 13.8 Å². The molecule has 0 aliphatic rings. The molecule has 0 aliphatic heterocycles. The molecule has 88 valence electrons. The summed E-state index contributed by atoms with van der Waals surface area (Å²) in [6.45, 7) is 4.28. The van der Waals surface area contributed by atoms with Crippen molar-refractivity contribution in [3.8, 4) is 5.75 Å². The molecular formula is C12H17NO3. The van der Waals surface area contributed by atoms with Gasteiger partial charge in [-0.2, -0.15) is 0 Å². The Morgan fingerprint density at radius 2 is 2.19 bits per heavy atom. The Balaban J connectivity index is 2.37. The summed E-state index contributed by atoms with van der Waals surface area (Å²) in [6, 6.07) is 5.98. The van der Waals surface area contributed by atoms with Crippen LogP contribution in [0.5, 0.6) is 5.75 Å². The van der Waals surface area contributed by atoms with Gasteiger partial charge in [0.1, 0.15) is 19.0 Å². The number of hydrogen-bond donors (Lipinski definition) is 2. The predicted molar refractivity (Wildman–Crippen MR) is 61.5 cm³/mol. The van der Waals surface area contributed by atoms with Gasteiger partial charge in [0, 0.05) is 0 Å². The second kappa shape index (κ2) is 6.12. The summed E-state index contributed by atoms with van der Waals surface area (Å²) in [7, 11) is 0. The van der Waals surface area contributed by atoms with E-state index < -0.39 is 6.61 Å². The first kappa shape index (κ1) is 12.5. The van der Waals surface area contributed by atoms with Gasteiger partial charge in [-0.3, -0.25) is 4.79 Å². The minimum atomic E-state index is -0.483. The third-order valence-corrected chi connectivity index (χ3v) is 2.17. The monoisotopic (exact) mass is 223 g/mol. The zero-order valence-corrected chi connectivity index (χ0v) is 9.62. The summed E-state index contributed by atoms with van der Waals surface area (Å²) in [5.74, 6) is 0.447. The van der Waals surface area contributed by atoms with Crippen LogP contribution >= 0.6 is 0 Å². The van der Waals surface area contributed by atoms with Crippen molar-refractivity contribution in [3.63, 3.8) is 0 Å². The molecule has 2 N–H and O–H groups in total. The number of aliphatic hydroxyl groups excluding tert-OH is 1. The molecule has 0 saturated carbocycles. The summed E-state index contributed by atoms with van der Waals surface area (Å²) >= 11 is 0. The van der Waals surface area contributed by atoms with Crippen LogP contribution in [-0.4, -0.2) is 30.8 Å². The topological polar surface area (TPSA) is 58.6 Å². The molecule has 4 heteroatoms. The fourth-order valence-electron chi connectivity index (χ4n) is 1.27. The minimum Gasteiger partial charge on any atom is -0.491 e. The predicted octanol–water partition coefficient (Wildman–Crippen LogP) is 0.791. The maximum Gasteiger partial charge on any atom is 0.245 e. The van der Waals surface area contributed by atoms with Crippen LogP contribution in [0.25, 0.3) is 0 Å². The highest BCUT2D eigenvalue weighted by Crippen LogP contribution is 2.18. The molecule has 0 unspecified atom stereocenters. The molecule has 0 spiro atoms. The van der Waals surface area contributed by atoms with E-state index in [-0.39, 0.29) is 5.91 Å². The zero-order chi connectivity index (χ0) is 12.0. The summed E-state index contributed by atoms with van der Waals surface area (Å²) in [5, 5.41) is 11.0. The molecule has 0 heterocycles. The first-order chi connectivity index (χ1) is 7.63. The number of aliphatic hydroxyl groups is 1. The Kier molecular flexibility index (Phi) is 4.79. The highest BCUT2D eigenvalue weighted by Gasteiger charge is 2.00. The molecule has 0 saturated heterocycles. The first-order valence-corrected chi connectivity index (χ1v) is 5.21. The molecule has 1 aromatic carbocycles. The Bertz CT molecular complexity index is 363. The van der Waals surface area contributed by atoms with E-state index in [0.717, 1.165) is 16.9 Å². The molecule has 0 atom stereocenters. The van der Waals surface area contributed by atoms with Crippen molar-refractivity contribution in [1.82, 2.24) is 5.32 Å². The first-order valence-electron chi connectivity index (χ1n) is 5.21. The van der Waals surface area contributed by atoms with Gasteiger partial charge in [-0.05, 0) is 31.0 Å². The Morgan fingerprint density at radius 3 is 2.88 bits per heavy atom. The SMILES string of the molecule is Cc1ccc(C)c(OCCNC(=O)CO)c1. The van der Waals surface area contributed by atoms with Crippen LogP contribution in [0.15, 0.2) is 18.2 Å². The lowest BCUT2D eigenvalue weighted by atomic mass is 10.1. The third kappa shape index (κ3) is 3.90. The van der Waals surface area contributed by atoms with Gasteiger partial charge in [0.25, 0.3) is 0 Å². The lowest BCUT2D eigenvalue weighted by Gasteiger charge is -2.10.